The monoisotopic (exact) mass is 406 g/mol. The lowest BCUT2D eigenvalue weighted by Gasteiger charge is -2.28. The van der Waals surface area contributed by atoms with Crippen molar-refractivity contribution in [3.05, 3.63) is 35.9 Å². The highest BCUT2D eigenvalue weighted by molar-refractivity contribution is 9.09. The van der Waals surface area contributed by atoms with Crippen LogP contribution in [0.2, 0.25) is 0 Å². The first-order chi connectivity index (χ1) is 12.0. The van der Waals surface area contributed by atoms with Gasteiger partial charge in [0, 0.05) is 11.5 Å². The van der Waals surface area contributed by atoms with Crippen molar-refractivity contribution in [2.24, 2.45) is 23.7 Å². The highest BCUT2D eigenvalue weighted by Gasteiger charge is 2.68. The van der Waals surface area contributed by atoms with Gasteiger partial charge in [-0.05, 0) is 18.8 Å². The summed E-state index contributed by atoms with van der Waals surface area (Å²) in [5.41, 5.74) is 0.522. The van der Waals surface area contributed by atoms with E-state index in [1.807, 2.05) is 13.0 Å². The van der Waals surface area contributed by atoms with Gasteiger partial charge in [-0.15, -0.1) is 0 Å². The minimum atomic E-state index is -0.823. The zero-order chi connectivity index (χ0) is 17.7. The van der Waals surface area contributed by atoms with Gasteiger partial charge in [0.25, 0.3) is 0 Å². The molecular weight excluding hydrogens is 388 g/mol. The van der Waals surface area contributed by atoms with Crippen LogP contribution in [0.4, 0.5) is 0 Å². The molecule has 3 aliphatic rings. The van der Waals surface area contributed by atoms with E-state index < -0.39 is 23.9 Å². The number of ether oxygens (including phenoxy) is 2. The minimum Gasteiger partial charge on any atom is -0.461 e. The van der Waals surface area contributed by atoms with Crippen LogP contribution in [-0.2, 0) is 19.1 Å². The zero-order valence-corrected chi connectivity index (χ0v) is 15.3. The van der Waals surface area contributed by atoms with Gasteiger partial charge in [0.05, 0.1) is 16.7 Å². The molecule has 2 saturated carbocycles. The molecule has 0 radical (unpaired) electrons. The number of fused-ring (bicyclic) bond motifs is 1. The molecular formula is C19H19BrO5. The molecule has 0 aromatic heterocycles. The molecule has 0 N–H and O–H groups in total. The number of hydrogen-bond donors (Lipinski definition) is 0. The fraction of sp³-hybridized carbons (Fsp3) is 0.526. The summed E-state index contributed by atoms with van der Waals surface area (Å²) in [5.74, 6) is -1.77. The molecule has 6 heteroatoms. The number of carbonyl (C=O) groups is 3. The van der Waals surface area contributed by atoms with Gasteiger partial charge in [-0.25, -0.2) is 0 Å². The van der Waals surface area contributed by atoms with Crippen molar-refractivity contribution in [2.75, 3.05) is 0 Å². The Bertz CT molecular complexity index is 718. The number of alkyl halides is 1. The molecule has 1 aromatic carbocycles. The van der Waals surface area contributed by atoms with E-state index in [1.165, 1.54) is 0 Å². The number of rotatable bonds is 5. The maximum absolute atomic E-state index is 12.8. The SMILES string of the molecule is CC[C@H](OC(=O)[C@@H]1[C@H]2C[C@H]3[C@H](OC(=O)[C@@H]31)[C@H]2Br)C(=O)c1ccccc1. The molecule has 3 fully saturated rings. The summed E-state index contributed by atoms with van der Waals surface area (Å²) in [7, 11) is 0. The molecule has 2 bridgehead atoms. The summed E-state index contributed by atoms with van der Waals surface area (Å²) in [5, 5.41) is 0. The van der Waals surface area contributed by atoms with Crippen molar-refractivity contribution < 1.29 is 23.9 Å². The Morgan fingerprint density at radius 2 is 2.00 bits per heavy atom. The molecule has 25 heavy (non-hydrogen) atoms. The van der Waals surface area contributed by atoms with Crippen LogP contribution in [0.25, 0.3) is 0 Å². The van der Waals surface area contributed by atoms with Gasteiger partial charge in [0.15, 0.2) is 6.10 Å². The molecule has 5 nitrogen and oxygen atoms in total. The number of Topliss-reactive ketones (excluding diaryl/α,β-unsaturated/α-hetero) is 1. The number of benzene rings is 1. The van der Waals surface area contributed by atoms with E-state index in [1.54, 1.807) is 24.3 Å². The summed E-state index contributed by atoms with van der Waals surface area (Å²) in [6, 6.07) is 8.81. The van der Waals surface area contributed by atoms with E-state index in [-0.39, 0.29) is 34.5 Å². The Morgan fingerprint density at radius 3 is 2.68 bits per heavy atom. The third-order valence-corrected chi connectivity index (χ3v) is 6.98. The highest BCUT2D eigenvalue weighted by Crippen LogP contribution is 2.60. The molecule has 4 rings (SSSR count). The molecule has 0 spiro atoms. The Hall–Kier alpha value is -1.69. The number of carbonyl (C=O) groups excluding carboxylic acids is 3. The highest BCUT2D eigenvalue weighted by atomic mass is 79.9. The molecule has 132 valence electrons. The van der Waals surface area contributed by atoms with Gasteiger partial charge in [-0.2, -0.15) is 0 Å². The third-order valence-electron chi connectivity index (χ3n) is 5.78. The largest absolute Gasteiger partial charge is 0.461 e. The van der Waals surface area contributed by atoms with Crippen LogP contribution in [0.5, 0.6) is 0 Å². The minimum absolute atomic E-state index is 0.0114. The number of halogens is 1. The molecule has 2 aliphatic carbocycles. The smallest absolute Gasteiger partial charge is 0.310 e. The van der Waals surface area contributed by atoms with Gasteiger partial charge >= 0.3 is 11.9 Å². The van der Waals surface area contributed by atoms with E-state index in [0.717, 1.165) is 6.42 Å². The molecule has 1 saturated heterocycles. The van der Waals surface area contributed by atoms with Gasteiger partial charge in [-0.3, -0.25) is 14.4 Å². The van der Waals surface area contributed by atoms with E-state index >= 15 is 0 Å². The van der Waals surface area contributed by atoms with Gasteiger partial charge in [0.2, 0.25) is 5.78 Å². The number of hydrogen-bond acceptors (Lipinski definition) is 5. The second-order valence-corrected chi connectivity index (χ2v) is 8.08. The lowest BCUT2D eigenvalue weighted by Crippen LogP contribution is -2.41. The first-order valence-electron chi connectivity index (χ1n) is 8.67. The van der Waals surface area contributed by atoms with E-state index in [2.05, 4.69) is 15.9 Å². The predicted octanol–water partition coefficient (Wildman–Crippen LogP) is 2.76. The summed E-state index contributed by atoms with van der Waals surface area (Å²) in [4.78, 5) is 37.5. The molecule has 7 atom stereocenters. The van der Waals surface area contributed by atoms with Crippen molar-refractivity contribution in [1.82, 2.24) is 0 Å². The molecule has 0 unspecified atom stereocenters. The lowest BCUT2D eigenvalue weighted by molar-refractivity contribution is -0.158. The average Bonchev–Trinajstić information content (AvgIpc) is 3.24. The summed E-state index contributed by atoms with van der Waals surface area (Å²) in [6.07, 6.45) is 0.242. The number of ketones is 1. The second kappa shape index (κ2) is 6.24. The maximum Gasteiger partial charge on any atom is 0.310 e. The molecule has 1 aromatic rings. The van der Waals surface area contributed by atoms with Crippen molar-refractivity contribution in [3.8, 4) is 0 Å². The van der Waals surface area contributed by atoms with Crippen molar-refractivity contribution in [1.29, 1.82) is 0 Å². The van der Waals surface area contributed by atoms with Crippen LogP contribution in [0.15, 0.2) is 30.3 Å². The maximum atomic E-state index is 12.8. The van der Waals surface area contributed by atoms with Gasteiger partial charge in [0.1, 0.15) is 6.10 Å². The number of esters is 2. The van der Waals surface area contributed by atoms with Crippen LogP contribution in [0, 0.1) is 23.7 Å². The third kappa shape index (κ3) is 2.53. The topological polar surface area (TPSA) is 69.7 Å². The van der Waals surface area contributed by atoms with Crippen molar-refractivity contribution in [3.63, 3.8) is 0 Å². The zero-order valence-electron chi connectivity index (χ0n) is 13.8. The van der Waals surface area contributed by atoms with Crippen LogP contribution in [0.3, 0.4) is 0 Å². The Balaban J connectivity index is 1.51. The Kier molecular flexibility index (Phi) is 4.18. The van der Waals surface area contributed by atoms with Gasteiger partial charge in [-0.1, -0.05) is 53.2 Å². The van der Waals surface area contributed by atoms with E-state index in [0.29, 0.717) is 12.0 Å². The molecule has 0 amide bonds. The summed E-state index contributed by atoms with van der Waals surface area (Å²) >= 11 is 3.58. The van der Waals surface area contributed by atoms with E-state index in [9.17, 15) is 14.4 Å². The first kappa shape index (κ1) is 16.8. The van der Waals surface area contributed by atoms with Crippen molar-refractivity contribution in [2.45, 2.75) is 36.8 Å². The van der Waals surface area contributed by atoms with Crippen LogP contribution in [-0.4, -0.2) is 34.8 Å². The van der Waals surface area contributed by atoms with E-state index in [4.69, 9.17) is 9.47 Å². The molecule has 1 heterocycles. The van der Waals surface area contributed by atoms with Crippen LogP contribution in [0.1, 0.15) is 30.1 Å². The average molecular weight is 407 g/mol. The van der Waals surface area contributed by atoms with Crippen molar-refractivity contribution >= 4 is 33.7 Å². The Morgan fingerprint density at radius 1 is 1.28 bits per heavy atom. The van der Waals surface area contributed by atoms with Gasteiger partial charge < -0.3 is 9.47 Å². The summed E-state index contributed by atoms with van der Waals surface area (Å²) in [6.45, 7) is 1.81. The fourth-order valence-electron chi connectivity index (χ4n) is 4.62. The lowest BCUT2D eigenvalue weighted by atomic mass is 9.80. The van der Waals surface area contributed by atoms with Crippen LogP contribution < -0.4 is 0 Å². The fourth-order valence-corrected chi connectivity index (χ4v) is 5.67. The summed E-state index contributed by atoms with van der Waals surface area (Å²) < 4.78 is 11.0. The molecule has 1 aliphatic heterocycles. The predicted molar refractivity (Wildman–Crippen MR) is 92.1 cm³/mol. The first-order valence-corrected chi connectivity index (χ1v) is 9.58. The standard InChI is InChI=1S/C19H19BrO5/c1-2-12(16(21)9-6-4-3-5-7-9)24-18(22)13-10-8-11-14(13)19(23)25-17(11)15(10)20/h3-7,10-15,17H,2,8H2,1H3/t10-,11-,12+,13-,14+,15+,17+/m1/s1. The normalized spacial score (nSPS) is 36.2. The second-order valence-electron chi connectivity index (χ2n) is 7.02. The van der Waals surface area contributed by atoms with Crippen LogP contribution >= 0.6 is 15.9 Å². The quantitative estimate of drug-likeness (QED) is 0.427. The Labute approximate surface area is 154 Å².